The highest BCUT2D eigenvalue weighted by molar-refractivity contribution is 6.05. The van der Waals surface area contributed by atoms with Crippen LogP contribution in [0.3, 0.4) is 0 Å². The molecule has 0 aliphatic carbocycles. The molecule has 1 heterocycles. The van der Waals surface area contributed by atoms with Gasteiger partial charge in [0.1, 0.15) is 0 Å². The maximum Gasteiger partial charge on any atom is 0.246 e. The number of amides is 2. The van der Waals surface area contributed by atoms with Crippen LogP contribution in [0.15, 0.2) is 0 Å². The zero-order valence-electron chi connectivity index (χ0n) is 12.6. The lowest BCUT2D eigenvalue weighted by Gasteiger charge is -2.18. The van der Waals surface area contributed by atoms with Gasteiger partial charge in [0.15, 0.2) is 0 Å². The van der Waals surface area contributed by atoms with Gasteiger partial charge in [-0.3, -0.25) is 14.5 Å². The van der Waals surface area contributed by atoms with E-state index in [1.807, 2.05) is 6.92 Å². The Morgan fingerprint density at radius 2 is 1.95 bits per heavy atom. The molecule has 0 radical (unpaired) electrons. The summed E-state index contributed by atoms with van der Waals surface area (Å²) in [4.78, 5) is 25.2. The highest BCUT2D eigenvalue weighted by Crippen LogP contribution is 2.15. The molecular formula is C15H28N2O2. The van der Waals surface area contributed by atoms with Crippen LogP contribution in [0.5, 0.6) is 0 Å². The van der Waals surface area contributed by atoms with E-state index in [0.29, 0.717) is 19.0 Å². The fraction of sp³-hybridized carbons (Fsp3) is 0.867. The minimum Gasteiger partial charge on any atom is -0.303 e. The number of rotatable bonds is 9. The van der Waals surface area contributed by atoms with E-state index in [0.717, 1.165) is 12.8 Å². The van der Waals surface area contributed by atoms with E-state index in [9.17, 15) is 9.59 Å². The van der Waals surface area contributed by atoms with Crippen molar-refractivity contribution in [2.45, 2.75) is 77.8 Å². The van der Waals surface area contributed by atoms with E-state index in [-0.39, 0.29) is 17.9 Å². The van der Waals surface area contributed by atoms with Crippen LogP contribution in [0.25, 0.3) is 0 Å². The molecule has 2 unspecified atom stereocenters. The second kappa shape index (κ2) is 8.31. The number of unbranched alkanes of at least 4 members (excludes halogenated alkanes) is 3. The van der Waals surface area contributed by atoms with Crippen LogP contribution in [0.1, 0.15) is 65.7 Å². The SMILES string of the molecule is CCCCCCC(C)NC1CC(=O)N(CCC)C1=O. The van der Waals surface area contributed by atoms with Crippen molar-refractivity contribution in [1.29, 1.82) is 0 Å². The third-order valence-corrected chi connectivity index (χ3v) is 3.67. The monoisotopic (exact) mass is 268 g/mol. The molecule has 1 rings (SSSR count). The van der Waals surface area contributed by atoms with E-state index in [1.54, 1.807) is 0 Å². The van der Waals surface area contributed by atoms with E-state index < -0.39 is 0 Å². The Morgan fingerprint density at radius 3 is 2.58 bits per heavy atom. The van der Waals surface area contributed by atoms with Gasteiger partial charge in [-0.25, -0.2) is 0 Å². The summed E-state index contributed by atoms with van der Waals surface area (Å²) in [5, 5.41) is 3.31. The average Bonchev–Trinajstić information content (AvgIpc) is 2.63. The zero-order chi connectivity index (χ0) is 14.3. The fourth-order valence-electron chi connectivity index (χ4n) is 2.58. The Kier molecular flexibility index (Phi) is 7.06. The lowest BCUT2D eigenvalue weighted by atomic mass is 10.1. The lowest BCUT2D eigenvalue weighted by molar-refractivity contribution is -0.138. The van der Waals surface area contributed by atoms with Gasteiger partial charge in [-0.2, -0.15) is 0 Å². The summed E-state index contributed by atoms with van der Waals surface area (Å²) in [6, 6.07) is 0.0143. The molecule has 4 nitrogen and oxygen atoms in total. The van der Waals surface area contributed by atoms with Crippen LogP contribution in [0.2, 0.25) is 0 Å². The van der Waals surface area contributed by atoms with Crippen LogP contribution >= 0.6 is 0 Å². The molecule has 1 aliphatic rings. The smallest absolute Gasteiger partial charge is 0.246 e. The van der Waals surface area contributed by atoms with Gasteiger partial charge in [-0.15, -0.1) is 0 Å². The average molecular weight is 268 g/mol. The van der Waals surface area contributed by atoms with Crippen molar-refractivity contribution < 1.29 is 9.59 Å². The van der Waals surface area contributed by atoms with Crippen LogP contribution in [0.4, 0.5) is 0 Å². The third-order valence-electron chi connectivity index (χ3n) is 3.67. The molecule has 0 spiro atoms. The Bertz CT molecular complexity index is 305. The van der Waals surface area contributed by atoms with E-state index in [4.69, 9.17) is 0 Å². The number of nitrogens with one attached hydrogen (secondary N) is 1. The van der Waals surface area contributed by atoms with Crippen LogP contribution in [-0.4, -0.2) is 35.3 Å². The summed E-state index contributed by atoms with van der Waals surface area (Å²) in [5.41, 5.74) is 0. The van der Waals surface area contributed by atoms with Crippen LogP contribution < -0.4 is 5.32 Å². The van der Waals surface area contributed by atoms with E-state index in [2.05, 4.69) is 19.2 Å². The van der Waals surface area contributed by atoms with Crippen molar-refractivity contribution >= 4 is 11.8 Å². The molecule has 0 saturated carbocycles. The normalized spacial score (nSPS) is 21.2. The summed E-state index contributed by atoms with van der Waals surface area (Å²) in [7, 11) is 0. The van der Waals surface area contributed by atoms with Crippen molar-refractivity contribution in [1.82, 2.24) is 10.2 Å². The first-order valence-corrected chi connectivity index (χ1v) is 7.70. The molecule has 0 aromatic carbocycles. The third kappa shape index (κ3) is 4.94. The highest BCUT2D eigenvalue weighted by atomic mass is 16.2. The van der Waals surface area contributed by atoms with Crippen molar-refractivity contribution in [3.8, 4) is 0 Å². The van der Waals surface area contributed by atoms with Gasteiger partial charge in [-0.05, 0) is 19.8 Å². The fourth-order valence-corrected chi connectivity index (χ4v) is 2.58. The molecule has 1 fully saturated rings. The maximum atomic E-state index is 12.1. The van der Waals surface area contributed by atoms with Crippen LogP contribution in [0, 0.1) is 0 Å². The Balaban J connectivity index is 2.32. The van der Waals surface area contributed by atoms with Crippen molar-refractivity contribution in [3.05, 3.63) is 0 Å². The predicted molar refractivity (Wildman–Crippen MR) is 76.8 cm³/mol. The molecular weight excluding hydrogens is 240 g/mol. The Morgan fingerprint density at radius 1 is 1.21 bits per heavy atom. The van der Waals surface area contributed by atoms with Crippen molar-refractivity contribution in [2.24, 2.45) is 0 Å². The number of carbonyl (C=O) groups excluding carboxylic acids is 2. The molecule has 2 amide bonds. The molecule has 1 aliphatic heterocycles. The summed E-state index contributed by atoms with van der Waals surface area (Å²) in [6.07, 6.45) is 7.19. The molecule has 0 bridgehead atoms. The Hall–Kier alpha value is -0.900. The molecule has 4 heteroatoms. The predicted octanol–water partition coefficient (Wildman–Crippen LogP) is 2.47. The van der Waals surface area contributed by atoms with Gasteiger partial charge in [-0.1, -0.05) is 39.5 Å². The summed E-state index contributed by atoms with van der Waals surface area (Å²) < 4.78 is 0. The van der Waals surface area contributed by atoms with E-state index in [1.165, 1.54) is 30.6 Å². The molecule has 0 aromatic rings. The number of imide groups is 1. The van der Waals surface area contributed by atoms with E-state index >= 15 is 0 Å². The largest absolute Gasteiger partial charge is 0.303 e. The molecule has 0 aromatic heterocycles. The van der Waals surface area contributed by atoms with Crippen molar-refractivity contribution in [3.63, 3.8) is 0 Å². The maximum absolute atomic E-state index is 12.1. The van der Waals surface area contributed by atoms with Crippen molar-refractivity contribution in [2.75, 3.05) is 6.54 Å². The first-order chi connectivity index (χ1) is 9.10. The van der Waals surface area contributed by atoms with Crippen LogP contribution in [-0.2, 0) is 9.59 Å². The molecule has 110 valence electrons. The summed E-state index contributed by atoms with van der Waals surface area (Å²) in [6.45, 7) is 6.84. The van der Waals surface area contributed by atoms with Gasteiger partial charge in [0.05, 0.1) is 12.5 Å². The van der Waals surface area contributed by atoms with Gasteiger partial charge in [0.25, 0.3) is 0 Å². The number of likely N-dealkylation sites (tertiary alicyclic amines) is 1. The zero-order valence-corrected chi connectivity index (χ0v) is 12.6. The summed E-state index contributed by atoms with van der Waals surface area (Å²) in [5.74, 6) is -0.0604. The lowest BCUT2D eigenvalue weighted by Crippen LogP contribution is -2.42. The first kappa shape index (κ1) is 16.2. The number of hydrogen-bond donors (Lipinski definition) is 1. The Labute approximate surface area is 116 Å². The summed E-state index contributed by atoms with van der Waals surface area (Å²) >= 11 is 0. The number of hydrogen-bond acceptors (Lipinski definition) is 3. The van der Waals surface area contributed by atoms with Gasteiger partial charge in [0.2, 0.25) is 11.8 Å². The van der Waals surface area contributed by atoms with Gasteiger partial charge < -0.3 is 5.32 Å². The molecule has 1 N–H and O–H groups in total. The molecule has 19 heavy (non-hydrogen) atoms. The number of carbonyl (C=O) groups is 2. The quantitative estimate of drug-likeness (QED) is 0.516. The first-order valence-electron chi connectivity index (χ1n) is 7.70. The minimum atomic E-state index is -0.291. The topological polar surface area (TPSA) is 49.4 Å². The molecule has 2 atom stereocenters. The second-order valence-electron chi connectivity index (χ2n) is 5.56. The minimum absolute atomic E-state index is 0.0254. The molecule has 1 saturated heterocycles. The highest BCUT2D eigenvalue weighted by Gasteiger charge is 2.38. The van der Waals surface area contributed by atoms with Gasteiger partial charge in [0, 0.05) is 12.6 Å². The second-order valence-corrected chi connectivity index (χ2v) is 5.56. The number of nitrogens with zero attached hydrogens (tertiary/aromatic N) is 1. The van der Waals surface area contributed by atoms with Gasteiger partial charge >= 0.3 is 0 Å². The standard InChI is InChI=1S/C15H28N2O2/c1-4-6-7-8-9-12(3)16-13-11-14(18)17(10-5-2)15(13)19/h12-13,16H,4-11H2,1-3H3.